The Morgan fingerprint density at radius 1 is 1.00 bits per heavy atom. The summed E-state index contributed by atoms with van der Waals surface area (Å²) in [7, 11) is 0. The van der Waals surface area contributed by atoms with Crippen molar-refractivity contribution in [1.82, 2.24) is 4.57 Å². The number of thiophene rings is 1. The van der Waals surface area contributed by atoms with Gasteiger partial charge in [0.1, 0.15) is 23.0 Å². The summed E-state index contributed by atoms with van der Waals surface area (Å²) >= 11 is 0.935. The number of benzene rings is 1. The zero-order valence-electron chi connectivity index (χ0n) is 18.5. The number of carbonyl (C=O) groups excluding carboxylic acids is 3. The van der Waals surface area contributed by atoms with Gasteiger partial charge in [-0.1, -0.05) is 36.4 Å². The summed E-state index contributed by atoms with van der Waals surface area (Å²) < 4.78 is 11.8. The van der Waals surface area contributed by atoms with Gasteiger partial charge in [-0.15, -0.1) is 11.3 Å². The summed E-state index contributed by atoms with van der Waals surface area (Å²) in [6.07, 6.45) is 1.51. The normalized spacial score (nSPS) is 10.5. The van der Waals surface area contributed by atoms with Crippen LogP contribution < -0.4 is 10.9 Å². The van der Waals surface area contributed by atoms with Gasteiger partial charge in [0.2, 0.25) is 5.91 Å². The number of hydrogen-bond acceptors (Lipinski definition) is 7. The van der Waals surface area contributed by atoms with Crippen molar-refractivity contribution in [2.45, 2.75) is 33.9 Å². The molecule has 0 saturated carbocycles. The van der Waals surface area contributed by atoms with E-state index >= 15 is 0 Å². The van der Waals surface area contributed by atoms with Crippen molar-refractivity contribution < 1.29 is 23.9 Å². The summed E-state index contributed by atoms with van der Waals surface area (Å²) in [6, 6.07) is 12.5. The molecule has 0 atom stereocenters. The molecule has 0 bridgehead atoms. The molecule has 0 aliphatic rings. The standard InChI is InChI=1S/C24H24N2O6S/c1-4-31-23(29)19-16(3)20(24(30)32-14-17-10-6-5-7-11-17)33-21(19)25-18(27)13-26-12-8-9-15(2)22(26)28/h5-12H,4,13-14H2,1-3H3,(H,25,27). The number of nitrogens with one attached hydrogen (secondary N) is 1. The van der Waals surface area contributed by atoms with Crippen LogP contribution in [0.15, 0.2) is 53.5 Å². The van der Waals surface area contributed by atoms with E-state index in [0.717, 1.165) is 16.9 Å². The van der Waals surface area contributed by atoms with Crippen LogP contribution in [0.3, 0.4) is 0 Å². The lowest BCUT2D eigenvalue weighted by Crippen LogP contribution is -2.28. The van der Waals surface area contributed by atoms with E-state index in [0.29, 0.717) is 11.1 Å². The van der Waals surface area contributed by atoms with Gasteiger partial charge in [0.25, 0.3) is 5.56 Å². The molecule has 0 radical (unpaired) electrons. The Balaban J connectivity index is 1.84. The highest BCUT2D eigenvalue weighted by atomic mass is 32.1. The number of nitrogens with zero attached hydrogens (tertiary/aromatic N) is 1. The van der Waals surface area contributed by atoms with Crippen LogP contribution in [-0.4, -0.2) is 29.0 Å². The first-order valence-electron chi connectivity index (χ1n) is 10.3. The number of amides is 1. The third-order valence-electron chi connectivity index (χ3n) is 4.80. The Morgan fingerprint density at radius 2 is 1.73 bits per heavy atom. The van der Waals surface area contributed by atoms with Crippen molar-refractivity contribution in [1.29, 1.82) is 0 Å². The summed E-state index contributed by atoms with van der Waals surface area (Å²) in [5, 5.41) is 2.82. The van der Waals surface area contributed by atoms with Crippen LogP contribution in [0.4, 0.5) is 5.00 Å². The molecule has 1 amide bonds. The number of hydrogen-bond donors (Lipinski definition) is 1. The molecule has 3 rings (SSSR count). The van der Waals surface area contributed by atoms with E-state index in [4.69, 9.17) is 9.47 Å². The van der Waals surface area contributed by atoms with Crippen LogP contribution in [0.2, 0.25) is 0 Å². The second kappa shape index (κ2) is 10.7. The average molecular weight is 469 g/mol. The molecule has 0 aliphatic heterocycles. The van der Waals surface area contributed by atoms with E-state index in [-0.39, 0.29) is 40.8 Å². The number of esters is 2. The van der Waals surface area contributed by atoms with E-state index in [1.165, 1.54) is 10.8 Å². The van der Waals surface area contributed by atoms with Gasteiger partial charge in [-0.05, 0) is 38.0 Å². The lowest BCUT2D eigenvalue weighted by molar-refractivity contribution is -0.116. The van der Waals surface area contributed by atoms with E-state index in [1.54, 1.807) is 32.9 Å². The number of rotatable bonds is 8. The van der Waals surface area contributed by atoms with Gasteiger partial charge in [0.05, 0.1) is 12.2 Å². The molecule has 3 aromatic rings. The molecule has 2 aromatic heterocycles. The Morgan fingerprint density at radius 3 is 2.42 bits per heavy atom. The first-order chi connectivity index (χ1) is 15.8. The first-order valence-corrected chi connectivity index (χ1v) is 11.1. The summed E-state index contributed by atoms with van der Waals surface area (Å²) in [5.41, 5.74) is 1.50. The highest BCUT2D eigenvalue weighted by Crippen LogP contribution is 2.34. The number of carbonyl (C=O) groups is 3. The lowest BCUT2D eigenvalue weighted by Gasteiger charge is -2.09. The second-order valence-corrected chi connectivity index (χ2v) is 8.24. The summed E-state index contributed by atoms with van der Waals surface area (Å²) in [6.45, 7) is 4.89. The molecule has 0 spiro atoms. The summed E-state index contributed by atoms with van der Waals surface area (Å²) in [4.78, 5) is 50.3. The van der Waals surface area contributed by atoms with Crippen molar-refractivity contribution in [3.63, 3.8) is 0 Å². The molecular weight excluding hydrogens is 444 g/mol. The second-order valence-electron chi connectivity index (χ2n) is 7.21. The van der Waals surface area contributed by atoms with Crippen LogP contribution in [0.1, 0.15) is 43.6 Å². The third kappa shape index (κ3) is 5.75. The predicted molar refractivity (Wildman–Crippen MR) is 125 cm³/mol. The van der Waals surface area contributed by atoms with Gasteiger partial charge in [0.15, 0.2) is 0 Å². The van der Waals surface area contributed by atoms with Gasteiger partial charge in [0, 0.05) is 11.8 Å². The first kappa shape index (κ1) is 23.9. The van der Waals surface area contributed by atoms with Crippen molar-refractivity contribution in [3.05, 3.63) is 86.1 Å². The Kier molecular flexibility index (Phi) is 7.78. The molecule has 2 heterocycles. The number of aromatic nitrogens is 1. The predicted octanol–water partition coefficient (Wildman–Crippen LogP) is 3.70. The summed E-state index contributed by atoms with van der Waals surface area (Å²) in [5.74, 6) is -1.78. The van der Waals surface area contributed by atoms with E-state index in [1.807, 2.05) is 30.3 Å². The maximum atomic E-state index is 12.7. The molecule has 0 aliphatic carbocycles. The molecule has 172 valence electrons. The minimum absolute atomic E-state index is 0.0731. The van der Waals surface area contributed by atoms with Crippen LogP contribution in [0, 0.1) is 13.8 Å². The van der Waals surface area contributed by atoms with Crippen LogP contribution >= 0.6 is 11.3 Å². The van der Waals surface area contributed by atoms with Gasteiger partial charge in [-0.25, -0.2) is 9.59 Å². The number of anilines is 1. The minimum atomic E-state index is -0.656. The fourth-order valence-electron chi connectivity index (χ4n) is 3.14. The molecule has 33 heavy (non-hydrogen) atoms. The number of pyridine rings is 1. The third-order valence-corrected chi connectivity index (χ3v) is 5.99. The Bertz CT molecular complexity index is 1230. The van der Waals surface area contributed by atoms with Crippen molar-refractivity contribution in [3.8, 4) is 0 Å². The van der Waals surface area contributed by atoms with E-state index in [2.05, 4.69) is 5.32 Å². The quantitative estimate of drug-likeness (QED) is 0.506. The fraction of sp³-hybridized carbons (Fsp3) is 0.250. The maximum Gasteiger partial charge on any atom is 0.349 e. The van der Waals surface area contributed by atoms with Crippen molar-refractivity contribution in [2.75, 3.05) is 11.9 Å². The van der Waals surface area contributed by atoms with Crippen molar-refractivity contribution >= 4 is 34.2 Å². The molecule has 0 unspecified atom stereocenters. The largest absolute Gasteiger partial charge is 0.462 e. The number of ether oxygens (including phenoxy) is 2. The van der Waals surface area contributed by atoms with Gasteiger partial charge < -0.3 is 19.4 Å². The van der Waals surface area contributed by atoms with Gasteiger partial charge in [-0.2, -0.15) is 0 Å². The van der Waals surface area contributed by atoms with Gasteiger partial charge >= 0.3 is 11.9 Å². The zero-order chi connectivity index (χ0) is 24.0. The van der Waals surface area contributed by atoms with Gasteiger partial charge in [-0.3, -0.25) is 9.59 Å². The molecule has 1 aromatic carbocycles. The van der Waals surface area contributed by atoms with Crippen LogP contribution in [-0.2, 0) is 27.4 Å². The molecule has 0 fully saturated rings. The molecule has 1 N–H and O–H groups in total. The highest BCUT2D eigenvalue weighted by molar-refractivity contribution is 7.18. The van der Waals surface area contributed by atoms with Crippen LogP contribution in [0.5, 0.6) is 0 Å². The monoisotopic (exact) mass is 468 g/mol. The van der Waals surface area contributed by atoms with Crippen molar-refractivity contribution in [2.24, 2.45) is 0 Å². The fourth-order valence-corrected chi connectivity index (χ4v) is 4.24. The van der Waals surface area contributed by atoms with E-state index < -0.39 is 17.8 Å². The highest BCUT2D eigenvalue weighted by Gasteiger charge is 2.27. The molecule has 9 heteroatoms. The maximum absolute atomic E-state index is 12.7. The molecule has 8 nitrogen and oxygen atoms in total. The zero-order valence-corrected chi connectivity index (χ0v) is 19.4. The Hall–Kier alpha value is -3.72. The van der Waals surface area contributed by atoms with E-state index in [9.17, 15) is 19.2 Å². The smallest absolute Gasteiger partial charge is 0.349 e. The Labute approximate surface area is 194 Å². The molecule has 0 saturated heterocycles. The van der Waals surface area contributed by atoms with Crippen LogP contribution in [0.25, 0.3) is 0 Å². The number of aryl methyl sites for hydroxylation is 1. The lowest BCUT2D eigenvalue weighted by atomic mass is 10.1. The average Bonchev–Trinajstić information content (AvgIpc) is 3.11. The minimum Gasteiger partial charge on any atom is -0.462 e. The SMILES string of the molecule is CCOC(=O)c1c(NC(=O)Cn2cccc(C)c2=O)sc(C(=O)OCc2ccccc2)c1C. The topological polar surface area (TPSA) is 104 Å². The molecular formula is C24H24N2O6S.